The van der Waals surface area contributed by atoms with Crippen molar-refractivity contribution in [2.24, 2.45) is 0 Å². The summed E-state index contributed by atoms with van der Waals surface area (Å²) in [6.45, 7) is 7.74. The number of carbonyl (C=O) groups is 1. The molecule has 5 nitrogen and oxygen atoms in total. The van der Waals surface area contributed by atoms with Crippen molar-refractivity contribution < 1.29 is 27.1 Å². The maximum absolute atomic E-state index is 15.2. The number of hydrogen-bond acceptors (Lipinski definition) is 4. The van der Waals surface area contributed by atoms with Crippen molar-refractivity contribution in [3.8, 4) is 0 Å². The Labute approximate surface area is 288 Å². The molecule has 1 fully saturated rings. The van der Waals surface area contributed by atoms with E-state index in [4.69, 9.17) is 10.5 Å². The van der Waals surface area contributed by atoms with E-state index in [1.807, 2.05) is 19.1 Å². The lowest BCUT2D eigenvalue weighted by Crippen LogP contribution is -2.39. The Morgan fingerprint density at radius 3 is 2.37 bits per heavy atom. The average Bonchev–Trinajstić information content (AvgIpc) is 3.06. The summed E-state index contributed by atoms with van der Waals surface area (Å²) in [7, 11) is 3.42. The zero-order valence-electron chi connectivity index (χ0n) is 29.2. The quantitative estimate of drug-likeness (QED) is 0.0540. The van der Waals surface area contributed by atoms with Gasteiger partial charge in [-0.15, -0.1) is 0 Å². The minimum Gasteiger partial charge on any atom is -0.489 e. The summed E-state index contributed by atoms with van der Waals surface area (Å²) in [4.78, 5) is 15.7. The van der Waals surface area contributed by atoms with Gasteiger partial charge in [-0.25, -0.2) is 4.39 Å². The van der Waals surface area contributed by atoms with Crippen LogP contribution >= 0.6 is 0 Å². The molecule has 1 amide bonds. The molecule has 2 aromatic rings. The summed E-state index contributed by atoms with van der Waals surface area (Å²) in [5.74, 6) is 0.0110. The molecule has 1 atom stereocenters. The molecular weight excluding hydrogens is 630 g/mol. The zero-order chi connectivity index (χ0) is 36.0. The first-order chi connectivity index (χ1) is 23.4. The molecule has 0 radical (unpaired) electrons. The van der Waals surface area contributed by atoms with E-state index < -0.39 is 18.4 Å². The van der Waals surface area contributed by atoms with Crippen molar-refractivity contribution in [3.63, 3.8) is 0 Å². The molecule has 0 aliphatic carbocycles. The molecule has 1 aliphatic heterocycles. The topological polar surface area (TPSA) is 58.8 Å². The fourth-order valence-electron chi connectivity index (χ4n) is 5.67. The molecule has 2 aromatic carbocycles. The van der Waals surface area contributed by atoms with Crippen LogP contribution < -0.4 is 5.73 Å². The van der Waals surface area contributed by atoms with Gasteiger partial charge in [-0.05, 0) is 97.4 Å². The lowest BCUT2D eigenvalue weighted by Gasteiger charge is -2.32. The third-order valence-electron chi connectivity index (χ3n) is 8.05. The number of nitrogen functional groups attached to an aromatic ring is 1. The average molecular weight is 680 g/mol. The van der Waals surface area contributed by atoms with Gasteiger partial charge < -0.3 is 15.4 Å². The van der Waals surface area contributed by atoms with Crippen LogP contribution in [0.2, 0.25) is 0 Å². The van der Waals surface area contributed by atoms with Crippen molar-refractivity contribution >= 4 is 28.6 Å². The van der Waals surface area contributed by atoms with Crippen molar-refractivity contribution in [1.29, 1.82) is 0 Å². The highest BCUT2D eigenvalue weighted by atomic mass is 19.4. The van der Waals surface area contributed by atoms with E-state index >= 15 is 4.39 Å². The minimum atomic E-state index is -4.51. The fourth-order valence-corrected chi connectivity index (χ4v) is 5.67. The molecule has 49 heavy (non-hydrogen) atoms. The van der Waals surface area contributed by atoms with E-state index in [-0.39, 0.29) is 28.8 Å². The number of alkyl halides is 3. The third-order valence-corrected chi connectivity index (χ3v) is 8.05. The molecule has 9 heteroatoms. The van der Waals surface area contributed by atoms with Gasteiger partial charge in [0.2, 0.25) is 5.91 Å². The van der Waals surface area contributed by atoms with Crippen LogP contribution in [-0.4, -0.2) is 61.7 Å². The first-order valence-electron chi connectivity index (χ1n) is 16.8. The van der Waals surface area contributed by atoms with Crippen molar-refractivity contribution in [1.82, 2.24) is 9.80 Å². The van der Waals surface area contributed by atoms with Gasteiger partial charge in [0.15, 0.2) is 0 Å². The molecule has 2 N–H and O–H groups in total. The zero-order valence-corrected chi connectivity index (χ0v) is 29.2. The largest absolute Gasteiger partial charge is 0.489 e. The maximum atomic E-state index is 15.2. The number of benzene rings is 2. The molecule has 1 saturated heterocycles. The Kier molecular flexibility index (Phi) is 15.1. The lowest BCUT2D eigenvalue weighted by atomic mass is 9.86. The van der Waals surface area contributed by atoms with Crippen LogP contribution in [0.4, 0.5) is 23.2 Å². The highest BCUT2D eigenvalue weighted by Crippen LogP contribution is 2.41. The second-order valence-electron chi connectivity index (χ2n) is 12.1. The smallest absolute Gasteiger partial charge is 0.393 e. The van der Waals surface area contributed by atoms with Crippen LogP contribution in [0.15, 0.2) is 102 Å². The molecule has 3 rings (SSSR count). The molecule has 264 valence electrons. The Bertz CT molecular complexity index is 1580. The van der Waals surface area contributed by atoms with Crippen molar-refractivity contribution in [3.05, 3.63) is 119 Å². The molecular formula is C40H49F4N3O2. The summed E-state index contributed by atoms with van der Waals surface area (Å²) in [6.07, 6.45) is 9.18. The van der Waals surface area contributed by atoms with Crippen LogP contribution in [0.1, 0.15) is 69.6 Å². The summed E-state index contributed by atoms with van der Waals surface area (Å²) < 4.78 is 64.4. The first-order valence-corrected chi connectivity index (χ1v) is 16.8. The predicted molar refractivity (Wildman–Crippen MR) is 194 cm³/mol. The van der Waals surface area contributed by atoms with Crippen LogP contribution in [-0.2, 0) is 9.53 Å². The maximum Gasteiger partial charge on any atom is 0.393 e. The monoisotopic (exact) mass is 679 g/mol. The number of ether oxygens (including phenoxy) is 1. The van der Waals surface area contributed by atoms with E-state index in [0.717, 1.165) is 19.4 Å². The SMILES string of the molecule is C/C=C(\C=C/C(=C/CC)OC1CCCN(C/C=C/C(=O)N(C)C)C1)C(=C(/CC(F)(F)F)c1ccccc1)/c1ccc(N)c(/C(F)=C/CC)c1. The number of hydrogen-bond donors (Lipinski definition) is 1. The third kappa shape index (κ3) is 12.2. The van der Waals surface area contributed by atoms with Crippen LogP contribution in [0.3, 0.4) is 0 Å². The van der Waals surface area contributed by atoms with E-state index in [1.165, 1.54) is 23.1 Å². The van der Waals surface area contributed by atoms with Crippen LogP contribution in [0, 0.1) is 0 Å². The molecule has 1 unspecified atom stereocenters. The number of amides is 1. The summed E-state index contributed by atoms with van der Waals surface area (Å²) in [5, 5.41) is 0. The second-order valence-corrected chi connectivity index (χ2v) is 12.1. The van der Waals surface area contributed by atoms with Gasteiger partial charge in [0.1, 0.15) is 17.7 Å². The molecule has 1 heterocycles. The van der Waals surface area contributed by atoms with Gasteiger partial charge in [-0.1, -0.05) is 68.5 Å². The van der Waals surface area contributed by atoms with E-state index in [2.05, 4.69) is 4.90 Å². The minimum absolute atomic E-state index is 0.0621. The Morgan fingerprint density at radius 1 is 1.02 bits per heavy atom. The summed E-state index contributed by atoms with van der Waals surface area (Å²) in [5.41, 5.74) is 8.21. The summed E-state index contributed by atoms with van der Waals surface area (Å²) >= 11 is 0. The van der Waals surface area contributed by atoms with Gasteiger partial charge in [-0.2, -0.15) is 13.2 Å². The van der Waals surface area contributed by atoms with Crippen LogP contribution in [0.25, 0.3) is 17.0 Å². The van der Waals surface area contributed by atoms with E-state index in [0.29, 0.717) is 54.0 Å². The lowest BCUT2D eigenvalue weighted by molar-refractivity contribution is -0.124. The summed E-state index contributed by atoms with van der Waals surface area (Å²) in [6, 6.07) is 13.2. The predicted octanol–water partition coefficient (Wildman–Crippen LogP) is 9.77. The molecule has 0 spiro atoms. The number of piperidine rings is 1. The number of likely N-dealkylation sites (N-methyl/N-ethyl adjacent to an activating group) is 1. The van der Waals surface area contributed by atoms with Crippen LogP contribution in [0.5, 0.6) is 0 Å². The number of carbonyl (C=O) groups excluding carboxylic acids is 1. The Hall–Kier alpha value is -4.37. The highest BCUT2D eigenvalue weighted by molar-refractivity contribution is 6.00. The van der Waals surface area contributed by atoms with Gasteiger partial charge in [-0.3, -0.25) is 9.69 Å². The fraction of sp³-hybridized carbons (Fsp3) is 0.375. The number of nitrogens with two attached hydrogens (primary N) is 1. The molecule has 1 aliphatic rings. The number of likely N-dealkylation sites (tertiary alicyclic amines) is 1. The van der Waals surface area contributed by atoms with E-state index in [1.54, 1.807) is 88.6 Å². The number of anilines is 1. The molecule has 0 saturated carbocycles. The first kappa shape index (κ1) is 39.1. The number of allylic oxidation sites excluding steroid dienone is 8. The highest BCUT2D eigenvalue weighted by Gasteiger charge is 2.32. The molecule has 0 bridgehead atoms. The Balaban J connectivity index is 2.05. The van der Waals surface area contributed by atoms with Crippen molar-refractivity contribution in [2.45, 2.75) is 65.2 Å². The van der Waals surface area contributed by atoms with Crippen molar-refractivity contribution in [2.75, 3.05) is 39.5 Å². The van der Waals surface area contributed by atoms with Gasteiger partial charge in [0.25, 0.3) is 0 Å². The van der Waals surface area contributed by atoms with Gasteiger partial charge >= 0.3 is 6.18 Å². The Morgan fingerprint density at radius 2 is 1.73 bits per heavy atom. The number of rotatable bonds is 14. The standard InChI is InChI=1S/C40H49F4N3O2/c1-6-14-32(49-33-18-12-24-47(28-33)25-13-19-38(48)46(4)5)22-20-29(8-3)39(31-21-23-37(45)34(26-31)36(41)15-7-2)35(27-40(42,43)44)30-16-10-9-11-17-30/h8-11,13-17,19-23,26,33H,6-7,12,18,24-25,27-28,45H2,1-5H3/b19-13+,22-20-,29-8+,32-14-,36-15-,39-35+. The second kappa shape index (κ2) is 19.0. The molecule has 0 aromatic heterocycles. The number of nitrogens with zero attached hydrogens (tertiary/aromatic N) is 2. The normalized spacial score (nSPS) is 17.5. The van der Waals surface area contributed by atoms with Gasteiger partial charge in [0, 0.05) is 44.5 Å². The van der Waals surface area contributed by atoms with Gasteiger partial charge in [0.05, 0.1) is 6.42 Å². The number of halogens is 4. The van der Waals surface area contributed by atoms with E-state index in [9.17, 15) is 18.0 Å².